The van der Waals surface area contributed by atoms with E-state index in [1.807, 2.05) is 0 Å². The van der Waals surface area contributed by atoms with Crippen molar-refractivity contribution in [2.24, 2.45) is 0 Å². The lowest BCUT2D eigenvalue weighted by Crippen LogP contribution is -2.29. The van der Waals surface area contributed by atoms with Crippen LogP contribution in [-0.4, -0.2) is 15.8 Å². The highest BCUT2D eigenvalue weighted by molar-refractivity contribution is 5.40. The summed E-state index contributed by atoms with van der Waals surface area (Å²) in [5.41, 5.74) is 0.634. The maximum atomic E-state index is 11.5. The van der Waals surface area contributed by atoms with E-state index in [1.54, 1.807) is 12.3 Å². The van der Waals surface area contributed by atoms with Gasteiger partial charge in [-0.3, -0.25) is 4.79 Å². The molecule has 1 aromatic heterocycles. The fourth-order valence-corrected chi connectivity index (χ4v) is 1.51. The van der Waals surface area contributed by atoms with Crippen LogP contribution in [-0.2, 0) is 6.54 Å². The Hall–Kier alpha value is -1.76. The van der Waals surface area contributed by atoms with Crippen LogP contribution in [0.2, 0.25) is 0 Å². The molecule has 0 amide bonds. The Bertz CT molecular complexity index is 440. The molecule has 15 heavy (non-hydrogen) atoms. The van der Waals surface area contributed by atoms with Gasteiger partial charge in [-0.1, -0.05) is 5.92 Å². The summed E-state index contributed by atoms with van der Waals surface area (Å²) in [4.78, 5) is 11.5. The van der Waals surface area contributed by atoms with Gasteiger partial charge in [0.1, 0.15) is 6.54 Å². The molecule has 0 radical (unpaired) electrons. The van der Waals surface area contributed by atoms with Gasteiger partial charge in [0.15, 0.2) is 0 Å². The molecule has 0 atom stereocenters. The second-order valence-corrected chi connectivity index (χ2v) is 3.72. The van der Waals surface area contributed by atoms with E-state index in [1.165, 1.54) is 23.9 Å². The minimum Gasteiger partial charge on any atom is -0.381 e. The van der Waals surface area contributed by atoms with E-state index in [-0.39, 0.29) is 12.1 Å². The first kappa shape index (κ1) is 9.78. The van der Waals surface area contributed by atoms with Gasteiger partial charge in [0.25, 0.3) is 5.56 Å². The average Bonchev–Trinajstić information content (AvgIpc) is 2.16. The van der Waals surface area contributed by atoms with Gasteiger partial charge in [-0.2, -0.15) is 5.10 Å². The average molecular weight is 203 g/mol. The van der Waals surface area contributed by atoms with E-state index >= 15 is 0 Å². The fourth-order valence-electron chi connectivity index (χ4n) is 1.51. The summed E-state index contributed by atoms with van der Waals surface area (Å²) < 4.78 is 1.27. The minimum atomic E-state index is -0.155. The van der Waals surface area contributed by atoms with Crippen molar-refractivity contribution < 1.29 is 0 Å². The molecule has 1 fully saturated rings. The molecule has 1 N–H and O–H groups in total. The number of nitrogens with one attached hydrogen (secondary N) is 1. The Balaban J connectivity index is 2.10. The highest BCUT2D eigenvalue weighted by atomic mass is 16.1. The molecule has 1 saturated carbocycles. The van der Waals surface area contributed by atoms with Crippen LogP contribution in [0.15, 0.2) is 17.1 Å². The molecular formula is C11H13N3O. The van der Waals surface area contributed by atoms with Crippen molar-refractivity contribution in [3.05, 3.63) is 22.6 Å². The molecule has 0 aliphatic heterocycles. The number of terminal acetylenes is 1. The molecule has 0 aromatic carbocycles. The number of aromatic nitrogens is 2. The van der Waals surface area contributed by atoms with Gasteiger partial charge < -0.3 is 5.32 Å². The lowest BCUT2D eigenvalue weighted by Gasteiger charge is -2.27. The molecule has 4 nitrogen and oxygen atoms in total. The quantitative estimate of drug-likeness (QED) is 0.740. The van der Waals surface area contributed by atoms with Crippen LogP contribution in [0.4, 0.5) is 5.69 Å². The molecule has 2 rings (SSSR count). The second-order valence-electron chi connectivity index (χ2n) is 3.72. The van der Waals surface area contributed by atoms with Gasteiger partial charge in [0.05, 0.1) is 11.9 Å². The van der Waals surface area contributed by atoms with Crippen LogP contribution in [0.3, 0.4) is 0 Å². The van der Waals surface area contributed by atoms with Gasteiger partial charge >= 0.3 is 0 Å². The third-order valence-electron chi connectivity index (χ3n) is 2.59. The maximum Gasteiger partial charge on any atom is 0.269 e. The molecule has 4 heteroatoms. The largest absolute Gasteiger partial charge is 0.381 e. The zero-order chi connectivity index (χ0) is 10.7. The molecule has 0 saturated heterocycles. The lowest BCUT2D eigenvalue weighted by molar-refractivity contribution is 0.445. The van der Waals surface area contributed by atoms with Crippen molar-refractivity contribution in [2.75, 3.05) is 5.32 Å². The number of anilines is 1. The number of rotatable bonds is 3. The van der Waals surface area contributed by atoms with Gasteiger partial charge in [0, 0.05) is 12.1 Å². The first-order valence-corrected chi connectivity index (χ1v) is 5.07. The summed E-state index contributed by atoms with van der Waals surface area (Å²) in [6.07, 6.45) is 10.4. The summed E-state index contributed by atoms with van der Waals surface area (Å²) in [5.74, 6) is 2.39. The molecule has 1 heterocycles. The van der Waals surface area contributed by atoms with Crippen LogP contribution in [0.1, 0.15) is 19.3 Å². The van der Waals surface area contributed by atoms with E-state index in [0.717, 1.165) is 5.69 Å². The minimum absolute atomic E-state index is 0.155. The van der Waals surface area contributed by atoms with Crippen molar-refractivity contribution in [1.29, 1.82) is 0 Å². The molecule has 0 spiro atoms. The molecule has 0 bridgehead atoms. The van der Waals surface area contributed by atoms with Crippen molar-refractivity contribution in [2.45, 2.75) is 31.8 Å². The predicted octanol–water partition coefficient (Wildman–Crippen LogP) is 0.841. The maximum absolute atomic E-state index is 11.5. The van der Waals surface area contributed by atoms with Crippen molar-refractivity contribution in [3.63, 3.8) is 0 Å². The summed E-state index contributed by atoms with van der Waals surface area (Å²) in [6.45, 7) is 0.225. The monoisotopic (exact) mass is 203 g/mol. The van der Waals surface area contributed by atoms with E-state index < -0.39 is 0 Å². The molecule has 78 valence electrons. The van der Waals surface area contributed by atoms with E-state index in [2.05, 4.69) is 16.3 Å². The molecule has 1 aliphatic rings. The first-order chi connectivity index (χ1) is 7.29. The molecule has 1 aliphatic carbocycles. The standard InChI is InChI=1S/C11H13N3O/c1-2-6-14-11(15)7-10(8-12-14)13-9-4-3-5-9/h1,7-9,13H,3-6H2. The SMILES string of the molecule is C#CCn1ncc(NC2CCC2)cc1=O. The van der Waals surface area contributed by atoms with Gasteiger partial charge in [-0.05, 0) is 19.3 Å². The zero-order valence-electron chi connectivity index (χ0n) is 8.44. The third kappa shape index (κ3) is 2.18. The zero-order valence-corrected chi connectivity index (χ0v) is 8.44. The van der Waals surface area contributed by atoms with Gasteiger partial charge in [-0.25, -0.2) is 4.68 Å². The van der Waals surface area contributed by atoms with Crippen molar-refractivity contribution >= 4 is 5.69 Å². The first-order valence-electron chi connectivity index (χ1n) is 5.07. The smallest absolute Gasteiger partial charge is 0.269 e. The van der Waals surface area contributed by atoms with E-state index in [4.69, 9.17) is 6.42 Å². The summed E-state index contributed by atoms with van der Waals surface area (Å²) in [7, 11) is 0. The van der Waals surface area contributed by atoms with Crippen molar-refractivity contribution in [3.8, 4) is 12.3 Å². The van der Waals surface area contributed by atoms with Crippen LogP contribution in [0.5, 0.6) is 0 Å². The van der Waals surface area contributed by atoms with Crippen LogP contribution in [0, 0.1) is 12.3 Å². The summed E-state index contributed by atoms with van der Waals surface area (Å²) in [6, 6.07) is 2.05. The Kier molecular flexibility index (Phi) is 2.72. The van der Waals surface area contributed by atoms with Gasteiger partial charge in [-0.15, -0.1) is 6.42 Å². The third-order valence-corrected chi connectivity index (χ3v) is 2.59. The predicted molar refractivity (Wildman–Crippen MR) is 58.6 cm³/mol. The summed E-state index contributed by atoms with van der Waals surface area (Å²) in [5, 5.41) is 7.24. The van der Waals surface area contributed by atoms with Gasteiger partial charge in [0.2, 0.25) is 0 Å². The molecule has 0 unspecified atom stereocenters. The van der Waals surface area contributed by atoms with E-state index in [9.17, 15) is 4.79 Å². The van der Waals surface area contributed by atoms with Crippen LogP contribution < -0.4 is 10.9 Å². The highest BCUT2D eigenvalue weighted by Crippen LogP contribution is 2.21. The Morgan fingerprint density at radius 3 is 3.00 bits per heavy atom. The number of hydrogen-bond donors (Lipinski definition) is 1. The summed E-state index contributed by atoms with van der Waals surface area (Å²) >= 11 is 0. The second kappa shape index (κ2) is 4.18. The molecular weight excluding hydrogens is 190 g/mol. The Labute approximate surface area is 88.3 Å². The van der Waals surface area contributed by atoms with E-state index in [0.29, 0.717) is 6.04 Å². The fraction of sp³-hybridized carbons (Fsp3) is 0.455. The number of hydrogen-bond acceptors (Lipinski definition) is 3. The van der Waals surface area contributed by atoms with Crippen LogP contribution >= 0.6 is 0 Å². The lowest BCUT2D eigenvalue weighted by atomic mass is 9.93. The molecule has 1 aromatic rings. The topological polar surface area (TPSA) is 46.9 Å². The van der Waals surface area contributed by atoms with Crippen molar-refractivity contribution in [1.82, 2.24) is 9.78 Å². The number of nitrogens with zero attached hydrogens (tertiary/aromatic N) is 2. The Morgan fingerprint density at radius 2 is 2.47 bits per heavy atom. The Morgan fingerprint density at radius 1 is 1.67 bits per heavy atom. The van der Waals surface area contributed by atoms with Crippen LogP contribution in [0.25, 0.3) is 0 Å². The highest BCUT2D eigenvalue weighted by Gasteiger charge is 2.16. The normalized spacial score (nSPS) is 15.4.